The number of carbonyl (C=O) groups excluding carboxylic acids is 4. The van der Waals surface area contributed by atoms with Gasteiger partial charge in [-0.1, -0.05) is 60.7 Å². The Balaban J connectivity index is 1.62. The lowest BCUT2D eigenvalue weighted by atomic mass is 10.0. The summed E-state index contributed by atoms with van der Waals surface area (Å²) in [7, 11) is 0. The number of urea groups is 1. The van der Waals surface area contributed by atoms with Crippen LogP contribution < -0.4 is 10.6 Å². The fraction of sp³-hybridized carbons (Fsp3) is 0.174. The van der Waals surface area contributed by atoms with E-state index in [2.05, 4.69) is 15.6 Å². The molecular weight excluding hydrogens is 428 g/mol. The SMILES string of the molecule is CC(=O)c1csc(NC(=O)C(Cc2ccccc2)N2C(=O)NC(c3ccccc3)C2=O)n1. The van der Waals surface area contributed by atoms with Gasteiger partial charge in [-0.15, -0.1) is 11.3 Å². The summed E-state index contributed by atoms with van der Waals surface area (Å²) in [6, 6.07) is 15.4. The number of benzene rings is 2. The van der Waals surface area contributed by atoms with Gasteiger partial charge in [-0.05, 0) is 11.1 Å². The molecule has 3 aromatic rings. The molecule has 9 heteroatoms. The van der Waals surface area contributed by atoms with Gasteiger partial charge in [0.25, 0.3) is 5.91 Å². The molecule has 1 aliphatic rings. The average molecular weight is 449 g/mol. The van der Waals surface area contributed by atoms with E-state index >= 15 is 0 Å². The third-order valence-electron chi connectivity index (χ3n) is 5.09. The van der Waals surface area contributed by atoms with Gasteiger partial charge in [-0.3, -0.25) is 14.4 Å². The molecule has 0 bridgehead atoms. The zero-order valence-corrected chi connectivity index (χ0v) is 18.0. The van der Waals surface area contributed by atoms with E-state index in [0.29, 0.717) is 5.56 Å². The molecule has 0 spiro atoms. The van der Waals surface area contributed by atoms with Crippen molar-refractivity contribution in [2.75, 3.05) is 5.32 Å². The molecule has 0 radical (unpaired) electrons. The minimum Gasteiger partial charge on any atom is -0.322 e. The van der Waals surface area contributed by atoms with E-state index in [4.69, 9.17) is 0 Å². The molecule has 8 nitrogen and oxygen atoms in total. The summed E-state index contributed by atoms with van der Waals surface area (Å²) in [4.78, 5) is 55.8. The first-order valence-corrected chi connectivity index (χ1v) is 10.8. The molecule has 4 rings (SSSR count). The maximum atomic E-state index is 13.2. The van der Waals surface area contributed by atoms with Crippen LogP contribution in [0.3, 0.4) is 0 Å². The number of hydrogen-bond acceptors (Lipinski definition) is 6. The molecular formula is C23H20N4O4S. The standard InChI is InChI=1S/C23H20N4O4S/c1-14(28)17-13-32-22(24-17)26-20(29)18(12-15-8-4-2-5-9-15)27-21(30)19(25-23(27)31)16-10-6-3-7-11-16/h2-11,13,18-19H,12H2,1H3,(H,25,31)(H,24,26,29). The van der Waals surface area contributed by atoms with Crippen molar-refractivity contribution in [1.29, 1.82) is 0 Å². The molecule has 1 saturated heterocycles. The van der Waals surface area contributed by atoms with Crippen LogP contribution in [0.2, 0.25) is 0 Å². The van der Waals surface area contributed by atoms with Crippen molar-refractivity contribution in [3.8, 4) is 0 Å². The predicted molar refractivity (Wildman–Crippen MR) is 119 cm³/mol. The summed E-state index contributed by atoms with van der Waals surface area (Å²) in [5.74, 6) is -1.28. The van der Waals surface area contributed by atoms with E-state index in [0.717, 1.165) is 21.8 Å². The molecule has 0 aliphatic carbocycles. The number of ketones is 1. The van der Waals surface area contributed by atoms with Crippen LogP contribution in [-0.4, -0.2) is 39.6 Å². The maximum absolute atomic E-state index is 13.2. The lowest BCUT2D eigenvalue weighted by molar-refractivity contribution is -0.134. The van der Waals surface area contributed by atoms with E-state index in [1.807, 2.05) is 36.4 Å². The molecule has 32 heavy (non-hydrogen) atoms. The molecule has 0 saturated carbocycles. The van der Waals surface area contributed by atoms with Crippen molar-refractivity contribution >= 4 is 40.1 Å². The van der Waals surface area contributed by atoms with Gasteiger partial charge in [-0.2, -0.15) is 0 Å². The van der Waals surface area contributed by atoms with Crippen LogP contribution in [0.1, 0.15) is 34.6 Å². The highest BCUT2D eigenvalue weighted by Crippen LogP contribution is 2.26. The molecule has 2 aromatic carbocycles. The number of rotatable bonds is 7. The summed E-state index contributed by atoms with van der Waals surface area (Å²) < 4.78 is 0. The van der Waals surface area contributed by atoms with Gasteiger partial charge in [0.1, 0.15) is 17.8 Å². The van der Waals surface area contributed by atoms with E-state index in [1.165, 1.54) is 6.92 Å². The largest absolute Gasteiger partial charge is 0.325 e. The van der Waals surface area contributed by atoms with Crippen LogP contribution in [0.15, 0.2) is 66.0 Å². The Kier molecular flexibility index (Phi) is 6.09. The summed E-state index contributed by atoms with van der Waals surface area (Å²) in [5.41, 5.74) is 1.67. The third kappa shape index (κ3) is 4.42. The fourth-order valence-corrected chi connectivity index (χ4v) is 4.23. The summed E-state index contributed by atoms with van der Waals surface area (Å²) in [6.07, 6.45) is 0.137. The third-order valence-corrected chi connectivity index (χ3v) is 5.84. The average Bonchev–Trinajstić information content (AvgIpc) is 3.38. The van der Waals surface area contributed by atoms with Crippen molar-refractivity contribution < 1.29 is 19.2 Å². The number of aromatic nitrogens is 1. The molecule has 1 aromatic heterocycles. The quantitative estimate of drug-likeness (QED) is 0.426. The predicted octanol–water partition coefficient (Wildman–Crippen LogP) is 3.19. The highest BCUT2D eigenvalue weighted by molar-refractivity contribution is 7.14. The van der Waals surface area contributed by atoms with E-state index < -0.39 is 29.9 Å². The first kappa shape index (κ1) is 21.4. The van der Waals surface area contributed by atoms with Gasteiger partial charge in [0.05, 0.1) is 0 Å². The van der Waals surface area contributed by atoms with Gasteiger partial charge in [0.15, 0.2) is 10.9 Å². The normalized spacial score (nSPS) is 16.5. The minimum absolute atomic E-state index is 0.137. The molecule has 2 heterocycles. The lowest BCUT2D eigenvalue weighted by Gasteiger charge is -2.24. The van der Waals surface area contributed by atoms with Gasteiger partial charge >= 0.3 is 6.03 Å². The van der Waals surface area contributed by atoms with Crippen LogP contribution in [0.4, 0.5) is 9.93 Å². The summed E-state index contributed by atoms with van der Waals surface area (Å²) in [5, 5.41) is 7.10. The highest BCUT2D eigenvalue weighted by Gasteiger charge is 2.45. The second-order valence-electron chi connectivity index (χ2n) is 7.29. The number of imide groups is 1. The maximum Gasteiger partial charge on any atom is 0.325 e. The van der Waals surface area contributed by atoms with Gasteiger partial charge in [0.2, 0.25) is 5.91 Å². The molecule has 2 N–H and O–H groups in total. The zero-order chi connectivity index (χ0) is 22.7. The monoisotopic (exact) mass is 448 g/mol. The minimum atomic E-state index is -1.09. The number of hydrogen-bond donors (Lipinski definition) is 2. The molecule has 2 unspecified atom stereocenters. The first-order valence-electron chi connectivity index (χ1n) is 9.94. The van der Waals surface area contributed by atoms with Crippen LogP contribution in [-0.2, 0) is 16.0 Å². The fourth-order valence-electron chi connectivity index (χ4n) is 3.48. The molecule has 1 fully saturated rings. The number of carbonyl (C=O) groups is 4. The summed E-state index contributed by atoms with van der Waals surface area (Å²) in [6.45, 7) is 1.38. The van der Waals surface area contributed by atoms with Crippen LogP contribution >= 0.6 is 11.3 Å². The first-order chi connectivity index (χ1) is 15.4. The molecule has 4 amide bonds. The number of nitrogens with one attached hydrogen (secondary N) is 2. The van der Waals surface area contributed by atoms with Crippen molar-refractivity contribution in [3.05, 3.63) is 82.9 Å². The Bertz CT molecular complexity index is 1160. The Labute approximate surface area is 188 Å². The topological polar surface area (TPSA) is 108 Å². The number of Topliss-reactive ketones (excluding diaryl/α,β-unsaturated/α-hetero) is 1. The van der Waals surface area contributed by atoms with Gasteiger partial charge in [0, 0.05) is 18.7 Å². The van der Waals surface area contributed by atoms with Crippen molar-refractivity contribution in [2.45, 2.75) is 25.4 Å². The number of anilines is 1. The van der Waals surface area contributed by atoms with E-state index in [9.17, 15) is 19.2 Å². The Morgan fingerprint density at radius 2 is 1.75 bits per heavy atom. The van der Waals surface area contributed by atoms with E-state index in [1.54, 1.807) is 29.6 Å². The zero-order valence-electron chi connectivity index (χ0n) is 17.1. The highest BCUT2D eigenvalue weighted by atomic mass is 32.1. The lowest BCUT2D eigenvalue weighted by Crippen LogP contribution is -2.49. The van der Waals surface area contributed by atoms with E-state index in [-0.39, 0.29) is 23.0 Å². The van der Waals surface area contributed by atoms with Crippen molar-refractivity contribution in [3.63, 3.8) is 0 Å². The molecule has 162 valence electrons. The Morgan fingerprint density at radius 3 is 2.38 bits per heavy atom. The van der Waals surface area contributed by atoms with Crippen molar-refractivity contribution in [2.24, 2.45) is 0 Å². The number of thiazole rings is 1. The van der Waals surface area contributed by atoms with Crippen LogP contribution in [0.5, 0.6) is 0 Å². The molecule has 2 atom stereocenters. The smallest absolute Gasteiger partial charge is 0.322 e. The van der Waals surface area contributed by atoms with Crippen LogP contribution in [0.25, 0.3) is 0 Å². The Hall–Kier alpha value is -3.85. The van der Waals surface area contributed by atoms with Gasteiger partial charge in [-0.25, -0.2) is 14.7 Å². The summed E-state index contributed by atoms with van der Waals surface area (Å²) >= 11 is 1.10. The van der Waals surface area contributed by atoms with Crippen molar-refractivity contribution in [1.82, 2.24) is 15.2 Å². The van der Waals surface area contributed by atoms with Crippen LogP contribution in [0, 0.1) is 0 Å². The Morgan fingerprint density at radius 1 is 1.09 bits per heavy atom. The second kappa shape index (κ2) is 9.11. The number of nitrogens with zero attached hydrogens (tertiary/aromatic N) is 2. The molecule has 1 aliphatic heterocycles. The second-order valence-corrected chi connectivity index (χ2v) is 8.15. The number of amides is 4. The van der Waals surface area contributed by atoms with Gasteiger partial charge < -0.3 is 10.6 Å².